The Bertz CT molecular complexity index is 2100. The first-order valence-corrected chi connectivity index (χ1v) is 17.0. The Morgan fingerprint density at radius 1 is 1.00 bits per heavy atom. The smallest absolute Gasteiger partial charge is 0.244 e. The third-order valence-electron chi connectivity index (χ3n) is 8.54. The fourth-order valence-corrected chi connectivity index (χ4v) is 7.51. The number of aromatic nitrogens is 2. The summed E-state index contributed by atoms with van der Waals surface area (Å²) in [5, 5.41) is 13.3. The van der Waals surface area contributed by atoms with Crippen LogP contribution in [0, 0.1) is 6.92 Å². The summed E-state index contributed by atoms with van der Waals surface area (Å²) in [4.78, 5) is 21.4. The van der Waals surface area contributed by atoms with Crippen molar-refractivity contribution < 1.29 is 37.3 Å². The Labute approximate surface area is 272 Å². The highest BCUT2D eigenvalue weighted by molar-refractivity contribution is 7.89. The molecule has 0 spiro atoms. The van der Waals surface area contributed by atoms with Gasteiger partial charge in [0.15, 0.2) is 11.5 Å². The van der Waals surface area contributed by atoms with E-state index in [1.54, 1.807) is 48.7 Å². The number of hydrogen-bond acceptors (Lipinski definition) is 9. The lowest BCUT2D eigenvalue weighted by Crippen LogP contribution is -2.39. The number of fused-ring (bicyclic) bond motifs is 3. The van der Waals surface area contributed by atoms with Crippen LogP contribution >= 0.6 is 0 Å². The maximum atomic E-state index is 13.5. The van der Waals surface area contributed by atoms with Gasteiger partial charge in [-0.3, -0.25) is 14.5 Å². The number of sulfonamides is 1. The van der Waals surface area contributed by atoms with Crippen molar-refractivity contribution >= 4 is 37.6 Å². The van der Waals surface area contributed by atoms with E-state index in [-0.39, 0.29) is 5.75 Å². The average Bonchev–Trinajstić information content (AvgIpc) is 3.78. The normalized spacial score (nSPS) is 13.8. The number of carbonyl (C=O) groups is 1. The number of nitrogens with zero attached hydrogens (tertiary/aromatic N) is 1. The van der Waals surface area contributed by atoms with Crippen LogP contribution in [0.2, 0.25) is 0 Å². The molecule has 5 aromatic rings. The van der Waals surface area contributed by atoms with Crippen molar-refractivity contribution in [2.45, 2.75) is 44.8 Å². The number of carbonyl (C=O) groups excluding carboxylic acids is 1. The second-order valence-corrected chi connectivity index (χ2v) is 13.2. The summed E-state index contributed by atoms with van der Waals surface area (Å²) in [7, 11) is -1.07. The summed E-state index contributed by atoms with van der Waals surface area (Å²) in [6.07, 6.45) is 2.61. The van der Waals surface area contributed by atoms with Crippen molar-refractivity contribution in [1.82, 2.24) is 14.7 Å². The molecule has 3 aromatic carbocycles. The molecule has 0 unspecified atom stereocenters. The fourth-order valence-electron chi connectivity index (χ4n) is 6.34. The number of phenolic OH excluding ortho intramolecular Hbond substituents is 1. The Hall–Kier alpha value is -4.97. The third-order valence-corrected chi connectivity index (χ3v) is 9.75. The van der Waals surface area contributed by atoms with E-state index in [1.807, 2.05) is 26.8 Å². The largest absolute Gasteiger partial charge is 0.504 e. The van der Waals surface area contributed by atoms with Gasteiger partial charge < -0.3 is 29.0 Å². The molecule has 1 aliphatic carbocycles. The van der Waals surface area contributed by atoms with E-state index in [0.717, 1.165) is 11.1 Å². The summed E-state index contributed by atoms with van der Waals surface area (Å²) >= 11 is 0. The highest BCUT2D eigenvalue weighted by atomic mass is 32.2. The Morgan fingerprint density at radius 3 is 2.32 bits per heavy atom. The minimum absolute atomic E-state index is 0.0472. The summed E-state index contributed by atoms with van der Waals surface area (Å²) in [5.41, 5.74) is 2.63. The highest BCUT2D eigenvalue weighted by Gasteiger charge is 2.55. The van der Waals surface area contributed by atoms with Crippen LogP contribution in [-0.4, -0.2) is 56.8 Å². The van der Waals surface area contributed by atoms with Gasteiger partial charge in [-0.25, -0.2) is 8.42 Å². The van der Waals surface area contributed by atoms with Gasteiger partial charge in [-0.05, 0) is 69.0 Å². The molecule has 47 heavy (non-hydrogen) atoms. The Morgan fingerprint density at radius 2 is 1.70 bits per heavy atom. The second-order valence-electron chi connectivity index (χ2n) is 11.5. The Balaban J connectivity index is 1.33. The van der Waals surface area contributed by atoms with E-state index in [4.69, 9.17) is 18.9 Å². The monoisotopic (exact) mass is 659 g/mol. The lowest BCUT2D eigenvalue weighted by molar-refractivity contribution is -0.121. The molecule has 2 heterocycles. The highest BCUT2D eigenvalue weighted by Crippen LogP contribution is 2.55. The summed E-state index contributed by atoms with van der Waals surface area (Å²) in [5.74, 6) is 0.630. The van der Waals surface area contributed by atoms with Crippen molar-refractivity contribution in [2.75, 3.05) is 27.4 Å². The molecular formula is C35H37N3O8S. The molecule has 3 N–H and O–H groups in total. The number of amides is 1. The molecule has 1 aliphatic rings. The van der Waals surface area contributed by atoms with Gasteiger partial charge in [-0.1, -0.05) is 24.3 Å². The second kappa shape index (κ2) is 12.3. The zero-order chi connectivity index (χ0) is 33.5. The van der Waals surface area contributed by atoms with Gasteiger partial charge in [0.2, 0.25) is 21.8 Å². The van der Waals surface area contributed by atoms with Crippen molar-refractivity contribution in [3.8, 4) is 40.1 Å². The van der Waals surface area contributed by atoms with E-state index in [9.17, 15) is 18.3 Å². The Kier molecular flexibility index (Phi) is 8.39. The molecular weight excluding hydrogens is 622 g/mol. The van der Waals surface area contributed by atoms with Crippen molar-refractivity contribution in [3.63, 3.8) is 0 Å². The summed E-state index contributed by atoms with van der Waals surface area (Å²) < 4.78 is 51.8. The third kappa shape index (κ3) is 5.56. The number of pyridine rings is 1. The molecule has 2 aromatic heterocycles. The van der Waals surface area contributed by atoms with Crippen molar-refractivity contribution in [1.29, 1.82) is 0 Å². The van der Waals surface area contributed by atoms with Gasteiger partial charge >= 0.3 is 0 Å². The first-order valence-electron chi connectivity index (χ1n) is 15.4. The summed E-state index contributed by atoms with van der Waals surface area (Å²) in [6.45, 7) is 6.28. The van der Waals surface area contributed by atoms with Crippen molar-refractivity contribution in [3.05, 3.63) is 71.4 Å². The van der Waals surface area contributed by atoms with Crippen LogP contribution < -0.4 is 23.7 Å². The number of methoxy groups -OCH3 is 2. The van der Waals surface area contributed by atoms with E-state index >= 15 is 0 Å². The van der Waals surface area contributed by atoms with E-state index in [0.29, 0.717) is 87.7 Å². The number of aromatic amines is 1. The number of aromatic hydroxyl groups is 1. The number of rotatable bonds is 12. The predicted molar refractivity (Wildman–Crippen MR) is 179 cm³/mol. The van der Waals surface area contributed by atoms with Gasteiger partial charge in [0, 0.05) is 17.1 Å². The van der Waals surface area contributed by atoms with Crippen LogP contribution in [-0.2, 0) is 26.0 Å². The fraction of sp³-hybridized carbons (Fsp3) is 0.314. The number of ether oxygens (including phenoxy) is 4. The van der Waals surface area contributed by atoms with Crippen LogP contribution in [0.4, 0.5) is 0 Å². The molecule has 1 amide bonds. The minimum atomic E-state index is -4.07. The van der Waals surface area contributed by atoms with E-state index in [1.165, 1.54) is 14.2 Å². The number of phenols is 1. The van der Waals surface area contributed by atoms with Crippen LogP contribution in [0.25, 0.3) is 32.9 Å². The molecule has 1 fully saturated rings. The van der Waals surface area contributed by atoms with Crippen molar-refractivity contribution in [2.24, 2.45) is 0 Å². The molecule has 0 bridgehead atoms. The zero-order valence-electron chi connectivity index (χ0n) is 26.9. The van der Waals surface area contributed by atoms with Crippen LogP contribution in [0.1, 0.15) is 43.4 Å². The summed E-state index contributed by atoms with van der Waals surface area (Å²) in [6, 6.07) is 14.1. The van der Waals surface area contributed by atoms with Gasteiger partial charge in [-0.2, -0.15) is 0 Å². The number of H-pyrrole nitrogens is 1. The molecule has 1 saturated carbocycles. The molecule has 6 rings (SSSR count). The van der Waals surface area contributed by atoms with Gasteiger partial charge in [0.25, 0.3) is 0 Å². The van der Waals surface area contributed by atoms with Gasteiger partial charge in [0.1, 0.15) is 11.5 Å². The first kappa shape index (κ1) is 32.0. The minimum Gasteiger partial charge on any atom is -0.504 e. The zero-order valence-corrected chi connectivity index (χ0v) is 27.7. The maximum absolute atomic E-state index is 13.5. The van der Waals surface area contributed by atoms with Crippen LogP contribution in [0.3, 0.4) is 0 Å². The topological polar surface area (TPSA) is 149 Å². The predicted octanol–water partition coefficient (Wildman–Crippen LogP) is 5.89. The maximum Gasteiger partial charge on any atom is 0.244 e. The molecule has 0 saturated heterocycles. The number of nitrogens with one attached hydrogen (secondary N) is 2. The SMILES string of the molecule is CCOc1c(O)c2c(-c3ccc(CS(=O)(=O)NC(=O)C4(c5c(OC)cccc5OC)CC4)cc3C)[nH]c(OCC)c2c2ncccc12. The quantitative estimate of drug-likeness (QED) is 0.149. The average molecular weight is 660 g/mol. The molecule has 0 atom stereocenters. The molecule has 0 aliphatic heterocycles. The number of benzene rings is 3. The van der Waals surface area contributed by atoms with E-state index in [2.05, 4.69) is 14.7 Å². The van der Waals surface area contributed by atoms with Crippen LogP contribution in [0.5, 0.6) is 28.9 Å². The lowest BCUT2D eigenvalue weighted by atomic mass is 9.93. The molecule has 11 nitrogen and oxygen atoms in total. The van der Waals surface area contributed by atoms with Gasteiger partial charge in [0.05, 0.1) is 66.1 Å². The van der Waals surface area contributed by atoms with Gasteiger partial charge in [-0.15, -0.1) is 0 Å². The molecule has 246 valence electrons. The molecule has 12 heteroatoms. The number of hydrogen-bond donors (Lipinski definition) is 3. The standard InChI is InChI=1S/C35H37N3O8S/c1-6-45-32-23-10-9-17-36-29(23)27-26(31(32)39)30(37-33(27)46-7-2)22-14-13-21(18-20(22)3)19-47(41,42)38-34(40)35(15-16-35)28-24(43-4)11-8-12-25(28)44-5/h8-14,17-18,37,39H,6-7,15-16,19H2,1-5H3,(H,38,40). The van der Waals surface area contributed by atoms with Crippen LogP contribution in [0.15, 0.2) is 54.7 Å². The first-order chi connectivity index (χ1) is 22.6. The lowest BCUT2D eigenvalue weighted by Gasteiger charge is -2.21. The number of aryl methyl sites for hydroxylation is 1. The van der Waals surface area contributed by atoms with E-state index < -0.39 is 27.1 Å². The molecule has 0 radical (unpaired) electrons.